The Bertz CT molecular complexity index is 781. The minimum atomic E-state index is -0.132. The van der Waals surface area contributed by atoms with Crippen molar-refractivity contribution in [3.05, 3.63) is 60.1 Å². The van der Waals surface area contributed by atoms with Gasteiger partial charge in [-0.3, -0.25) is 4.98 Å². The molecule has 0 aliphatic carbocycles. The van der Waals surface area contributed by atoms with E-state index in [0.717, 1.165) is 10.9 Å². The highest BCUT2D eigenvalue weighted by Crippen LogP contribution is 2.33. The highest BCUT2D eigenvalue weighted by atomic mass is 16.5. The van der Waals surface area contributed by atoms with Gasteiger partial charge in [-0.25, -0.2) is 0 Å². The molecule has 0 spiro atoms. The molecule has 0 saturated carbocycles. The van der Waals surface area contributed by atoms with E-state index in [2.05, 4.69) is 10.1 Å². The lowest BCUT2D eigenvalue weighted by Crippen LogP contribution is -2.13. The third kappa shape index (κ3) is 2.51. The molecule has 1 aromatic carbocycles. The number of ether oxygens (including phenoxy) is 1. The van der Waals surface area contributed by atoms with Gasteiger partial charge in [-0.1, -0.05) is 23.4 Å². The zero-order chi connectivity index (χ0) is 14.7. The minimum absolute atomic E-state index is 0.132. The number of aromatic nitrogens is 1. The third-order valence-electron chi connectivity index (χ3n) is 3.00. The SMILES string of the molecule is N/C(=N/O)c1oc2ccccc2c1OCc1cccnc1. The number of nitrogens with two attached hydrogens (primary N) is 1. The molecule has 2 aromatic heterocycles. The number of oxime groups is 1. The van der Waals surface area contributed by atoms with Crippen LogP contribution in [0.4, 0.5) is 0 Å². The molecule has 3 N–H and O–H groups in total. The Balaban J connectivity index is 1.99. The molecule has 106 valence electrons. The molecule has 2 heterocycles. The van der Waals surface area contributed by atoms with Crippen molar-refractivity contribution in [1.29, 1.82) is 0 Å². The summed E-state index contributed by atoms with van der Waals surface area (Å²) in [5.41, 5.74) is 7.16. The van der Waals surface area contributed by atoms with Crippen LogP contribution >= 0.6 is 0 Å². The molecular weight excluding hydrogens is 270 g/mol. The second-order valence-corrected chi connectivity index (χ2v) is 4.39. The normalized spacial score (nSPS) is 11.7. The first-order chi connectivity index (χ1) is 10.3. The second-order valence-electron chi connectivity index (χ2n) is 4.39. The van der Waals surface area contributed by atoms with Gasteiger partial charge in [0.25, 0.3) is 0 Å². The lowest BCUT2D eigenvalue weighted by atomic mass is 10.2. The summed E-state index contributed by atoms with van der Waals surface area (Å²) in [5, 5.41) is 12.6. The Labute approximate surface area is 120 Å². The van der Waals surface area contributed by atoms with E-state index in [-0.39, 0.29) is 11.6 Å². The molecule has 6 nitrogen and oxygen atoms in total. The average molecular weight is 283 g/mol. The third-order valence-corrected chi connectivity index (χ3v) is 3.00. The van der Waals surface area contributed by atoms with E-state index in [4.69, 9.17) is 20.1 Å². The number of rotatable bonds is 4. The summed E-state index contributed by atoms with van der Waals surface area (Å²) in [5.74, 6) is 0.528. The van der Waals surface area contributed by atoms with Crippen molar-refractivity contribution in [1.82, 2.24) is 4.98 Å². The molecule has 21 heavy (non-hydrogen) atoms. The van der Waals surface area contributed by atoms with Gasteiger partial charge in [0.2, 0.25) is 11.6 Å². The van der Waals surface area contributed by atoms with Crippen molar-refractivity contribution in [2.75, 3.05) is 0 Å². The Morgan fingerprint density at radius 1 is 1.29 bits per heavy atom. The summed E-state index contributed by atoms with van der Waals surface area (Å²) in [6.07, 6.45) is 3.41. The molecule has 0 aliphatic rings. The van der Waals surface area contributed by atoms with Crippen LogP contribution in [-0.2, 0) is 6.61 Å². The number of furan rings is 1. The number of nitrogens with zero attached hydrogens (tertiary/aromatic N) is 2. The van der Waals surface area contributed by atoms with Gasteiger partial charge in [0.1, 0.15) is 12.2 Å². The van der Waals surface area contributed by atoms with Crippen LogP contribution in [-0.4, -0.2) is 16.0 Å². The first-order valence-corrected chi connectivity index (χ1v) is 6.30. The van der Waals surface area contributed by atoms with Gasteiger partial charge in [-0.15, -0.1) is 0 Å². The topological polar surface area (TPSA) is 93.9 Å². The number of benzene rings is 1. The maximum Gasteiger partial charge on any atom is 0.215 e. The largest absolute Gasteiger partial charge is 0.484 e. The molecule has 3 rings (SSSR count). The number of pyridine rings is 1. The monoisotopic (exact) mass is 283 g/mol. The first kappa shape index (κ1) is 13.0. The van der Waals surface area contributed by atoms with Gasteiger partial charge >= 0.3 is 0 Å². The van der Waals surface area contributed by atoms with E-state index >= 15 is 0 Å². The fourth-order valence-corrected chi connectivity index (χ4v) is 2.02. The lowest BCUT2D eigenvalue weighted by molar-refractivity contribution is 0.300. The summed E-state index contributed by atoms with van der Waals surface area (Å²) in [4.78, 5) is 4.03. The van der Waals surface area contributed by atoms with Crippen LogP contribution in [0.1, 0.15) is 11.3 Å². The number of para-hydroxylation sites is 1. The molecule has 6 heteroatoms. The maximum absolute atomic E-state index is 8.86. The Morgan fingerprint density at radius 2 is 2.14 bits per heavy atom. The van der Waals surface area contributed by atoms with E-state index in [0.29, 0.717) is 17.9 Å². The second kappa shape index (κ2) is 5.54. The summed E-state index contributed by atoms with van der Waals surface area (Å²) < 4.78 is 11.4. The zero-order valence-electron chi connectivity index (χ0n) is 11.1. The van der Waals surface area contributed by atoms with E-state index in [9.17, 15) is 0 Å². The lowest BCUT2D eigenvalue weighted by Gasteiger charge is -2.06. The number of hydrogen-bond acceptors (Lipinski definition) is 5. The highest BCUT2D eigenvalue weighted by Gasteiger charge is 2.19. The van der Waals surface area contributed by atoms with Crippen LogP contribution in [0.25, 0.3) is 11.0 Å². The van der Waals surface area contributed by atoms with E-state index in [1.165, 1.54) is 0 Å². The fraction of sp³-hybridized carbons (Fsp3) is 0.0667. The number of fused-ring (bicyclic) bond motifs is 1. The molecular formula is C15H13N3O3. The minimum Gasteiger partial charge on any atom is -0.484 e. The van der Waals surface area contributed by atoms with Gasteiger partial charge in [0.05, 0.1) is 5.39 Å². The Kier molecular flexibility index (Phi) is 3.42. The Morgan fingerprint density at radius 3 is 2.90 bits per heavy atom. The maximum atomic E-state index is 8.86. The molecule has 0 fully saturated rings. The van der Waals surface area contributed by atoms with Gasteiger partial charge in [-0.05, 0) is 18.2 Å². The van der Waals surface area contributed by atoms with Crippen molar-refractivity contribution in [3.8, 4) is 5.75 Å². The molecule has 0 unspecified atom stereocenters. The predicted molar refractivity (Wildman–Crippen MR) is 77.3 cm³/mol. The van der Waals surface area contributed by atoms with Gasteiger partial charge in [0.15, 0.2) is 5.75 Å². The molecule has 0 saturated heterocycles. The van der Waals surface area contributed by atoms with Crippen LogP contribution in [0.2, 0.25) is 0 Å². The van der Waals surface area contributed by atoms with Crippen molar-refractivity contribution in [2.24, 2.45) is 10.9 Å². The van der Waals surface area contributed by atoms with Crippen molar-refractivity contribution < 1.29 is 14.4 Å². The summed E-state index contributed by atoms with van der Waals surface area (Å²) in [7, 11) is 0. The molecule has 3 aromatic rings. The molecule has 0 radical (unpaired) electrons. The van der Waals surface area contributed by atoms with Crippen LogP contribution in [0.15, 0.2) is 58.4 Å². The highest BCUT2D eigenvalue weighted by molar-refractivity contribution is 6.03. The number of hydrogen-bond donors (Lipinski definition) is 2. The molecule has 0 amide bonds. The summed E-state index contributed by atoms with van der Waals surface area (Å²) in [6.45, 7) is 0.309. The first-order valence-electron chi connectivity index (χ1n) is 6.30. The quantitative estimate of drug-likeness (QED) is 0.332. The van der Waals surface area contributed by atoms with Crippen molar-refractivity contribution in [2.45, 2.75) is 6.61 Å². The molecule has 0 aliphatic heterocycles. The molecule has 0 atom stereocenters. The fourth-order valence-electron chi connectivity index (χ4n) is 2.02. The van der Waals surface area contributed by atoms with Crippen LogP contribution < -0.4 is 10.5 Å². The van der Waals surface area contributed by atoms with Crippen molar-refractivity contribution in [3.63, 3.8) is 0 Å². The predicted octanol–water partition coefficient (Wildman–Crippen LogP) is 2.50. The van der Waals surface area contributed by atoms with E-state index < -0.39 is 0 Å². The summed E-state index contributed by atoms with van der Waals surface area (Å²) >= 11 is 0. The van der Waals surface area contributed by atoms with Gasteiger partial charge < -0.3 is 20.1 Å². The summed E-state index contributed by atoms with van der Waals surface area (Å²) in [6, 6.07) is 11.1. The van der Waals surface area contributed by atoms with Crippen LogP contribution in [0, 0.1) is 0 Å². The standard InChI is InChI=1S/C15H13N3O3/c16-15(18-19)14-13(11-5-1-2-6-12(11)21-14)20-9-10-4-3-7-17-8-10/h1-8,19H,9H2,(H2,16,18). The smallest absolute Gasteiger partial charge is 0.215 e. The van der Waals surface area contributed by atoms with Crippen LogP contribution in [0.3, 0.4) is 0 Å². The van der Waals surface area contributed by atoms with Gasteiger partial charge in [0, 0.05) is 18.0 Å². The number of amidine groups is 1. The Hall–Kier alpha value is -3.02. The van der Waals surface area contributed by atoms with Crippen LogP contribution in [0.5, 0.6) is 5.75 Å². The van der Waals surface area contributed by atoms with E-state index in [1.807, 2.05) is 30.3 Å². The van der Waals surface area contributed by atoms with E-state index in [1.54, 1.807) is 18.5 Å². The van der Waals surface area contributed by atoms with Crippen molar-refractivity contribution >= 4 is 16.8 Å². The van der Waals surface area contributed by atoms with Gasteiger partial charge in [-0.2, -0.15) is 0 Å². The molecule has 0 bridgehead atoms. The average Bonchev–Trinajstić information content (AvgIpc) is 2.92. The zero-order valence-corrected chi connectivity index (χ0v) is 11.1.